The lowest BCUT2D eigenvalue weighted by Gasteiger charge is -2.02. The van der Waals surface area contributed by atoms with Crippen molar-refractivity contribution in [3.05, 3.63) is 42.0 Å². The number of methoxy groups -OCH3 is 1. The lowest BCUT2D eigenvalue weighted by atomic mass is 10.1. The highest BCUT2D eigenvalue weighted by Gasteiger charge is 2.18. The minimum absolute atomic E-state index is 0.315. The first kappa shape index (κ1) is 11.4. The van der Waals surface area contributed by atoms with E-state index in [4.69, 9.17) is 4.74 Å². The molecule has 0 aliphatic heterocycles. The fraction of sp³-hybridized carbons (Fsp3) is 0.231. The van der Waals surface area contributed by atoms with Crippen LogP contribution in [0.4, 0.5) is 0 Å². The van der Waals surface area contributed by atoms with Crippen LogP contribution in [0.5, 0.6) is 0 Å². The first-order chi connectivity index (χ1) is 8.15. The number of esters is 1. The van der Waals surface area contributed by atoms with Crippen molar-refractivity contribution in [2.75, 3.05) is 7.11 Å². The van der Waals surface area contributed by atoms with Crippen molar-refractivity contribution >= 4 is 5.97 Å². The maximum absolute atomic E-state index is 11.6. The first-order valence-corrected chi connectivity index (χ1v) is 5.29. The second kappa shape index (κ2) is 4.41. The molecule has 0 spiro atoms. The van der Waals surface area contributed by atoms with Crippen LogP contribution in [0.15, 0.2) is 30.7 Å². The van der Waals surface area contributed by atoms with Crippen LogP contribution < -0.4 is 0 Å². The van der Waals surface area contributed by atoms with Gasteiger partial charge in [0.25, 0.3) is 0 Å². The summed E-state index contributed by atoms with van der Waals surface area (Å²) in [6, 6.07) is 3.84. The molecule has 2 rings (SSSR count). The second-order valence-electron chi connectivity index (χ2n) is 3.85. The number of aromatic nitrogens is 2. The van der Waals surface area contributed by atoms with Crippen molar-refractivity contribution < 1.29 is 9.53 Å². The average Bonchev–Trinajstić information content (AvgIpc) is 2.65. The fourth-order valence-corrected chi connectivity index (χ4v) is 1.96. The van der Waals surface area contributed by atoms with Crippen LogP contribution in [-0.2, 0) is 11.8 Å². The Hall–Kier alpha value is -2.10. The molecule has 0 saturated heterocycles. The van der Waals surface area contributed by atoms with E-state index in [1.165, 1.54) is 7.11 Å². The van der Waals surface area contributed by atoms with E-state index in [0.717, 1.165) is 16.7 Å². The van der Waals surface area contributed by atoms with Gasteiger partial charge in [0, 0.05) is 31.2 Å². The smallest absolute Gasteiger partial charge is 0.354 e. The van der Waals surface area contributed by atoms with Gasteiger partial charge in [-0.05, 0) is 30.2 Å². The summed E-state index contributed by atoms with van der Waals surface area (Å²) in [6.45, 7) is 1.92. The van der Waals surface area contributed by atoms with Crippen LogP contribution in [0.3, 0.4) is 0 Å². The molecule has 4 nitrogen and oxygen atoms in total. The van der Waals surface area contributed by atoms with Crippen molar-refractivity contribution in [2.24, 2.45) is 7.05 Å². The summed E-state index contributed by atoms with van der Waals surface area (Å²) in [7, 11) is 3.23. The molecule has 0 aliphatic carbocycles. The lowest BCUT2D eigenvalue weighted by molar-refractivity contribution is 0.0589. The van der Waals surface area contributed by atoms with Gasteiger partial charge in [-0.1, -0.05) is 0 Å². The summed E-state index contributed by atoms with van der Waals surface area (Å²) < 4.78 is 6.56. The van der Waals surface area contributed by atoms with Crippen LogP contribution in [0.25, 0.3) is 11.1 Å². The molecule has 0 amide bonds. The number of carbonyl (C=O) groups excluding carboxylic acids is 1. The Balaban J connectivity index is 2.56. The Kier molecular flexibility index (Phi) is 2.95. The Morgan fingerprint density at radius 2 is 2.00 bits per heavy atom. The molecule has 0 aromatic carbocycles. The van der Waals surface area contributed by atoms with Gasteiger partial charge >= 0.3 is 5.97 Å². The van der Waals surface area contributed by atoms with Crippen LogP contribution in [0.2, 0.25) is 0 Å². The number of nitrogens with zero attached hydrogens (tertiary/aromatic N) is 2. The number of rotatable bonds is 2. The Bertz CT molecular complexity index is 544. The zero-order chi connectivity index (χ0) is 12.4. The summed E-state index contributed by atoms with van der Waals surface area (Å²) in [4.78, 5) is 15.6. The number of pyridine rings is 1. The predicted molar refractivity (Wildman–Crippen MR) is 64.7 cm³/mol. The van der Waals surface area contributed by atoms with Gasteiger partial charge < -0.3 is 9.30 Å². The molecule has 4 heteroatoms. The largest absolute Gasteiger partial charge is 0.464 e. The molecule has 2 aromatic heterocycles. The lowest BCUT2D eigenvalue weighted by Crippen LogP contribution is -2.08. The number of hydrogen-bond acceptors (Lipinski definition) is 3. The third-order valence-corrected chi connectivity index (χ3v) is 2.80. The van der Waals surface area contributed by atoms with Gasteiger partial charge in [0.1, 0.15) is 5.69 Å². The highest BCUT2D eigenvalue weighted by atomic mass is 16.5. The van der Waals surface area contributed by atoms with Crippen LogP contribution in [0, 0.1) is 6.92 Å². The summed E-state index contributed by atoms with van der Waals surface area (Å²) in [5.41, 5.74) is 3.57. The van der Waals surface area contributed by atoms with Crippen molar-refractivity contribution in [1.82, 2.24) is 9.55 Å². The summed E-state index contributed by atoms with van der Waals surface area (Å²) >= 11 is 0. The maximum atomic E-state index is 11.6. The Labute approximate surface area is 99.9 Å². The molecule has 0 saturated carbocycles. The Morgan fingerprint density at radius 1 is 1.35 bits per heavy atom. The van der Waals surface area contributed by atoms with Gasteiger partial charge in [-0.15, -0.1) is 0 Å². The monoisotopic (exact) mass is 230 g/mol. The van der Waals surface area contributed by atoms with E-state index in [1.807, 2.05) is 32.3 Å². The zero-order valence-corrected chi connectivity index (χ0v) is 10.1. The molecule has 0 aliphatic rings. The second-order valence-corrected chi connectivity index (χ2v) is 3.85. The van der Waals surface area contributed by atoms with E-state index in [-0.39, 0.29) is 5.97 Å². The molecule has 0 radical (unpaired) electrons. The van der Waals surface area contributed by atoms with E-state index in [0.29, 0.717) is 5.69 Å². The summed E-state index contributed by atoms with van der Waals surface area (Å²) in [5.74, 6) is -0.315. The van der Waals surface area contributed by atoms with Crippen molar-refractivity contribution in [3.63, 3.8) is 0 Å². The van der Waals surface area contributed by atoms with E-state index in [9.17, 15) is 4.79 Å². The van der Waals surface area contributed by atoms with E-state index in [1.54, 1.807) is 17.0 Å². The van der Waals surface area contributed by atoms with Gasteiger partial charge in [-0.2, -0.15) is 0 Å². The number of carbonyl (C=O) groups is 1. The normalized spacial score (nSPS) is 10.3. The van der Waals surface area contributed by atoms with Crippen LogP contribution in [0.1, 0.15) is 16.1 Å². The van der Waals surface area contributed by atoms with Crippen LogP contribution >= 0.6 is 0 Å². The van der Waals surface area contributed by atoms with Gasteiger partial charge in [-0.3, -0.25) is 4.98 Å². The van der Waals surface area contributed by atoms with E-state index in [2.05, 4.69) is 4.98 Å². The first-order valence-electron chi connectivity index (χ1n) is 5.29. The topological polar surface area (TPSA) is 44.1 Å². The van der Waals surface area contributed by atoms with Gasteiger partial charge in [0.05, 0.1) is 7.11 Å². The molecule has 0 bridgehead atoms. The summed E-state index contributed by atoms with van der Waals surface area (Å²) in [6.07, 6.45) is 5.40. The fourth-order valence-electron chi connectivity index (χ4n) is 1.96. The summed E-state index contributed by atoms with van der Waals surface area (Å²) in [5, 5.41) is 0. The quantitative estimate of drug-likeness (QED) is 0.743. The van der Waals surface area contributed by atoms with Gasteiger partial charge in [-0.25, -0.2) is 4.79 Å². The van der Waals surface area contributed by atoms with Crippen molar-refractivity contribution in [3.8, 4) is 11.1 Å². The van der Waals surface area contributed by atoms with Crippen molar-refractivity contribution in [2.45, 2.75) is 6.92 Å². The molecule has 2 aromatic rings. The third-order valence-electron chi connectivity index (χ3n) is 2.80. The van der Waals surface area contributed by atoms with Gasteiger partial charge in [0.2, 0.25) is 0 Å². The SMILES string of the molecule is COC(=O)c1c(C)c(-c2ccncc2)cn1C. The number of ether oxygens (including phenoxy) is 1. The average molecular weight is 230 g/mol. The standard InChI is InChI=1S/C13H14N2O2/c1-9-11(10-4-6-14-7-5-10)8-15(2)12(9)13(16)17-3/h4-8H,1-3H3. The molecular formula is C13H14N2O2. The minimum Gasteiger partial charge on any atom is -0.464 e. The Morgan fingerprint density at radius 3 is 2.59 bits per heavy atom. The van der Waals surface area contributed by atoms with E-state index < -0.39 is 0 Å². The number of aryl methyl sites for hydroxylation is 1. The van der Waals surface area contributed by atoms with Gasteiger partial charge in [0.15, 0.2) is 0 Å². The molecule has 2 heterocycles. The molecule has 0 N–H and O–H groups in total. The molecular weight excluding hydrogens is 216 g/mol. The highest BCUT2D eigenvalue weighted by molar-refractivity contribution is 5.92. The zero-order valence-electron chi connectivity index (χ0n) is 10.1. The van der Waals surface area contributed by atoms with Crippen molar-refractivity contribution in [1.29, 1.82) is 0 Å². The molecule has 0 fully saturated rings. The number of hydrogen-bond donors (Lipinski definition) is 0. The van der Waals surface area contributed by atoms with E-state index >= 15 is 0 Å². The molecule has 88 valence electrons. The molecule has 0 unspecified atom stereocenters. The molecule has 0 atom stereocenters. The third kappa shape index (κ3) is 1.93. The predicted octanol–water partition coefficient (Wildman–Crippen LogP) is 2.18. The minimum atomic E-state index is -0.315. The molecule has 17 heavy (non-hydrogen) atoms. The van der Waals surface area contributed by atoms with Crippen LogP contribution in [-0.4, -0.2) is 22.6 Å². The highest BCUT2D eigenvalue weighted by Crippen LogP contribution is 2.26. The maximum Gasteiger partial charge on any atom is 0.354 e.